The zero-order chi connectivity index (χ0) is 23.1. The molecule has 0 saturated carbocycles. The molecule has 3 aromatic rings. The van der Waals surface area contributed by atoms with E-state index in [2.05, 4.69) is 0 Å². The first-order chi connectivity index (χ1) is 15.5. The standard InChI is InChI=1S/C25H20FNO5/c1-29-19-12-17(13-20(14-19)30-2)25(28)32-23-9-8-16(11-24(23)31-3)10-18(15-27)21-6-4-5-7-22(21)26/h4-14H,1-3H3/b18-10-. The number of nitrogens with zero attached hydrogens (tertiary/aromatic N) is 1. The molecule has 3 rings (SSSR count). The van der Waals surface area contributed by atoms with Crippen molar-refractivity contribution in [1.29, 1.82) is 5.26 Å². The highest BCUT2D eigenvalue weighted by atomic mass is 19.1. The number of benzene rings is 3. The second-order valence-electron chi connectivity index (χ2n) is 6.55. The smallest absolute Gasteiger partial charge is 0.343 e. The second-order valence-corrected chi connectivity index (χ2v) is 6.55. The van der Waals surface area contributed by atoms with Gasteiger partial charge in [-0.15, -0.1) is 0 Å². The fraction of sp³-hybridized carbons (Fsp3) is 0.120. The average molecular weight is 433 g/mol. The molecule has 0 aromatic heterocycles. The van der Waals surface area contributed by atoms with Crippen LogP contribution in [0.5, 0.6) is 23.0 Å². The molecule has 0 bridgehead atoms. The fourth-order valence-corrected chi connectivity index (χ4v) is 2.96. The maximum atomic E-state index is 14.1. The Bertz CT molecular complexity index is 1190. The molecule has 32 heavy (non-hydrogen) atoms. The van der Waals surface area contributed by atoms with Crippen LogP contribution in [0.1, 0.15) is 21.5 Å². The molecule has 3 aromatic carbocycles. The summed E-state index contributed by atoms with van der Waals surface area (Å²) >= 11 is 0. The molecule has 7 heteroatoms. The number of hydrogen-bond acceptors (Lipinski definition) is 6. The molecule has 0 aliphatic rings. The number of carbonyl (C=O) groups is 1. The van der Waals surface area contributed by atoms with E-state index >= 15 is 0 Å². The maximum Gasteiger partial charge on any atom is 0.343 e. The minimum absolute atomic E-state index is 0.151. The Morgan fingerprint density at radius 3 is 2.19 bits per heavy atom. The van der Waals surface area contributed by atoms with Gasteiger partial charge in [-0.2, -0.15) is 5.26 Å². The number of hydrogen-bond donors (Lipinski definition) is 0. The quantitative estimate of drug-likeness (QED) is 0.222. The van der Waals surface area contributed by atoms with E-state index in [1.54, 1.807) is 30.3 Å². The molecule has 0 radical (unpaired) electrons. The zero-order valence-corrected chi connectivity index (χ0v) is 17.7. The van der Waals surface area contributed by atoms with Crippen molar-refractivity contribution < 1.29 is 28.1 Å². The Morgan fingerprint density at radius 1 is 0.906 bits per heavy atom. The molecule has 0 spiro atoms. The SMILES string of the molecule is COc1cc(OC)cc(C(=O)Oc2ccc(/C=C(/C#N)c3ccccc3F)cc2OC)c1. The van der Waals surface area contributed by atoms with Gasteiger partial charge >= 0.3 is 5.97 Å². The van der Waals surface area contributed by atoms with E-state index in [1.807, 2.05) is 6.07 Å². The van der Waals surface area contributed by atoms with Gasteiger partial charge in [0.25, 0.3) is 0 Å². The first kappa shape index (κ1) is 22.4. The first-order valence-corrected chi connectivity index (χ1v) is 9.49. The molecule has 0 atom stereocenters. The van der Waals surface area contributed by atoms with Crippen LogP contribution in [0, 0.1) is 17.1 Å². The summed E-state index contributed by atoms with van der Waals surface area (Å²) in [6.45, 7) is 0. The van der Waals surface area contributed by atoms with Crippen molar-refractivity contribution in [3.63, 3.8) is 0 Å². The van der Waals surface area contributed by atoms with Gasteiger partial charge in [0.15, 0.2) is 11.5 Å². The van der Waals surface area contributed by atoms with Crippen LogP contribution in [0.2, 0.25) is 0 Å². The van der Waals surface area contributed by atoms with E-state index < -0.39 is 11.8 Å². The van der Waals surface area contributed by atoms with Crippen LogP contribution < -0.4 is 18.9 Å². The van der Waals surface area contributed by atoms with Crippen LogP contribution in [0.15, 0.2) is 60.7 Å². The van der Waals surface area contributed by atoms with E-state index in [9.17, 15) is 14.4 Å². The zero-order valence-electron chi connectivity index (χ0n) is 17.7. The highest BCUT2D eigenvalue weighted by Gasteiger charge is 2.16. The molecule has 0 N–H and O–H groups in total. The largest absolute Gasteiger partial charge is 0.497 e. The second kappa shape index (κ2) is 10.1. The number of nitriles is 1. The van der Waals surface area contributed by atoms with E-state index in [0.29, 0.717) is 17.1 Å². The summed E-state index contributed by atoms with van der Waals surface area (Å²) in [6.07, 6.45) is 1.53. The minimum atomic E-state index is -0.632. The third-order valence-corrected chi connectivity index (χ3v) is 4.57. The van der Waals surface area contributed by atoms with Gasteiger partial charge in [0.05, 0.1) is 38.5 Å². The van der Waals surface area contributed by atoms with Crippen molar-refractivity contribution >= 4 is 17.6 Å². The molecule has 0 fully saturated rings. The number of carbonyl (C=O) groups excluding carboxylic acids is 1. The highest BCUT2D eigenvalue weighted by molar-refractivity contribution is 5.93. The third kappa shape index (κ3) is 5.05. The van der Waals surface area contributed by atoms with E-state index in [1.165, 1.54) is 57.7 Å². The van der Waals surface area contributed by atoms with E-state index in [-0.39, 0.29) is 28.2 Å². The number of esters is 1. The lowest BCUT2D eigenvalue weighted by Crippen LogP contribution is -2.10. The van der Waals surface area contributed by atoms with Crippen molar-refractivity contribution in [3.05, 3.63) is 83.2 Å². The van der Waals surface area contributed by atoms with Gasteiger partial charge in [-0.3, -0.25) is 0 Å². The molecular weight excluding hydrogens is 413 g/mol. The lowest BCUT2D eigenvalue weighted by molar-refractivity contribution is 0.0729. The van der Waals surface area contributed by atoms with Gasteiger partial charge in [0.2, 0.25) is 0 Å². The third-order valence-electron chi connectivity index (χ3n) is 4.57. The predicted molar refractivity (Wildman–Crippen MR) is 117 cm³/mol. The summed E-state index contributed by atoms with van der Waals surface area (Å²) in [5.74, 6) is 0.217. The summed E-state index contributed by atoms with van der Waals surface area (Å²) in [5, 5.41) is 9.47. The van der Waals surface area contributed by atoms with Crippen molar-refractivity contribution in [2.24, 2.45) is 0 Å². The molecule has 0 heterocycles. The molecule has 0 amide bonds. The van der Waals surface area contributed by atoms with Crippen molar-refractivity contribution in [2.75, 3.05) is 21.3 Å². The number of allylic oxidation sites excluding steroid dienone is 1. The van der Waals surface area contributed by atoms with E-state index in [0.717, 1.165) is 0 Å². The van der Waals surface area contributed by atoms with Crippen LogP contribution in [-0.2, 0) is 0 Å². The Morgan fingerprint density at radius 2 is 1.59 bits per heavy atom. The fourth-order valence-electron chi connectivity index (χ4n) is 2.96. The summed E-state index contributed by atoms with van der Waals surface area (Å²) in [6, 6.07) is 17.5. The Balaban J connectivity index is 1.90. The molecule has 0 aliphatic carbocycles. The summed E-state index contributed by atoms with van der Waals surface area (Å²) in [7, 11) is 4.39. The Labute approximate surface area is 185 Å². The molecule has 6 nitrogen and oxygen atoms in total. The van der Waals surface area contributed by atoms with Crippen LogP contribution in [0.25, 0.3) is 11.6 Å². The van der Waals surface area contributed by atoms with Crippen LogP contribution in [0.4, 0.5) is 4.39 Å². The number of halogens is 1. The van der Waals surface area contributed by atoms with Crippen LogP contribution in [-0.4, -0.2) is 27.3 Å². The molecule has 0 saturated heterocycles. The summed E-state index contributed by atoms with van der Waals surface area (Å²) < 4.78 is 35.3. The molecule has 0 unspecified atom stereocenters. The monoisotopic (exact) mass is 433 g/mol. The summed E-state index contributed by atoms with van der Waals surface area (Å²) in [4.78, 5) is 12.7. The summed E-state index contributed by atoms with van der Waals surface area (Å²) in [5.41, 5.74) is 1.15. The first-order valence-electron chi connectivity index (χ1n) is 9.49. The van der Waals surface area contributed by atoms with Crippen molar-refractivity contribution in [1.82, 2.24) is 0 Å². The lowest BCUT2D eigenvalue weighted by Gasteiger charge is -2.12. The van der Waals surface area contributed by atoms with Crippen molar-refractivity contribution in [3.8, 4) is 29.1 Å². The van der Waals surface area contributed by atoms with Gasteiger partial charge in [-0.1, -0.05) is 24.3 Å². The van der Waals surface area contributed by atoms with Gasteiger partial charge in [0, 0.05) is 11.6 Å². The van der Waals surface area contributed by atoms with Gasteiger partial charge in [-0.25, -0.2) is 9.18 Å². The average Bonchev–Trinajstić information content (AvgIpc) is 2.83. The van der Waals surface area contributed by atoms with Crippen LogP contribution in [0.3, 0.4) is 0 Å². The minimum Gasteiger partial charge on any atom is -0.497 e. The predicted octanol–water partition coefficient (Wildman–Crippen LogP) is 5.13. The van der Waals surface area contributed by atoms with Crippen LogP contribution >= 0.6 is 0 Å². The number of ether oxygens (including phenoxy) is 4. The number of methoxy groups -OCH3 is 3. The molecular formula is C25H20FNO5. The van der Waals surface area contributed by atoms with Gasteiger partial charge in [0.1, 0.15) is 17.3 Å². The maximum absolute atomic E-state index is 14.1. The van der Waals surface area contributed by atoms with Gasteiger partial charge in [-0.05, 0) is 42.0 Å². The number of rotatable bonds is 7. The topological polar surface area (TPSA) is 77.8 Å². The Hall–Kier alpha value is -4.31. The van der Waals surface area contributed by atoms with Gasteiger partial charge < -0.3 is 18.9 Å². The highest BCUT2D eigenvalue weighted by Crippen LogP contribution is 2.31. The Kier molecular flexibility index (Phi) is 7.09. The normalized spacial score (nSPS) is 10.8. The van der Waals surface area contributed by atoms with E-state index in [4.69, 9.17) is 18.9 Å². The molecule has 0 aliphatic heterocycles. The molecule has 162 valence electrons. The lowest BCUT2D eigenvalue weighted by atomic mass is 10.0. The van der Waals surface area contributed by atoms with Crippen molar-refractivity contribution in [2.45, 2.75) is 0 Å².